The van der Waals surface area contributed by atoms with E-state index in [1.54, 1.807) is 0 Å². The highest BCUT2D eigenvalue weighted by Crippen LogP contribution is 2.24. The first kappa shape index (κ1) is 14.1. The molecule has 3 nitrogen and oxygen atoms in total. The summed E-state index contributed by atoms with van der Waals surface area (Å²) in [5.41, 5.74) is 0.977. The fourth-order valence-corrected chi connectivity index (χ4v) is 2.78. The van der Waals surface area contributed by atoms with Crippen molar-refractivity contribution in [1.82, 2.24) is 5.32 Å². The van der Waals surface area contributed by atoms with Gasteiger partial charge in [-0.15, -0.1) is 0 Å². The van der Waals surface area contributed by atoms with Crippen molar-refractivity contribution in [1.29, 1.82) is 0 Å². The Hall–Kier alpha value is -1.35. The van der Waals surface area contributed by atoms with E-state index in [9.17, 15) is 4.79 Å². The van der Waals surface area contributed by atoms with Crippen LogP contribution < -0.4 is 5.32 Å². The van der Waals surface area contributed by atoms with E-state index in [0.29, 0.717) is 5.92 Å². The molecule has 104 valence electrons. The van der Waals surface area contributed by atoms with Crippen molar-refractivity contribution < 1.29 is 9.53 Å². The number of benzene rings is 1. The highest BCUT2D eigenvalue weighted by Gasteiger charge is 2.22. The van der Waals surface area contributed by atoms with Crippen LogP contribution in [0.2, 0.25) is 0 Å². The summed E-state index contributed by atoms with van der Waals surface area (Å²) in [6, 6.07) is 9.46. The van der Waals surface area contributed by atoms with Crippen molar-refractivity contribution in [3.63, 3.8) is 0 Å². The zero-order valence-electron chi connectivity index (χ0n) is 11.6. The number of rotatable bonds is 5. The minimum absolute atomic E-state index is 0.206. The molecule has 0 saturated heterocycles. The van der Waals surface area contributed by atoms with Gasteiger partial charge in [-0.3, -0.25) is 0 Å². The lowest BCUT2D eigenvalue weighted by Gasteiger charge is -2.24. The maximum absolute atomic E-state index is 11.9. The minimum Gasteiger partial charge on any atom is -0.468 e. The largest absolute Gasteiger partial charge is 0.468 e. The Kier molecular flexibility index (Phi) is 5.40. The molecule has 1 fully saturated rings. The Balaban J connectivity index is 1.96. The molecule has 0 heterocycles. The maximum Gasteiger partial charge on any atom is 0.327 e. The van der Waals surface area contributed by atoms with E-state index < -0.39 is 0 Å². The number of ether oxygens (including phenoxy) is 1. The van der Waals surface area contributed by atoms with Gasteiger partial charge in [-0.1, -0.05) is 49.6 Å². The molecule has 0 amide bonds. The lowest BCUT2D eigenvalue weighted by atomic mass is 9.89. The second-order valence-electron chi connectivity index (χ2n) is 5.28. The quantitative estimate of drug-likeness (QED) is 0.828. The molecule has 0 bridgehead atoms. The zero-order valence-corrected chi connectivity index (χ0v) is 11.6. The van der Waals surface area contributed by atoms with Gasteiger partial charge in [0.15, 0.2) is 0 Å². The summed E-state index contributed by atoms with van der Waals surface area (Å²) in [5.74, 6) is 0.492. The molecule has 1 aromatic carbocycles. The summed E-state index contributed by atoms with van der Waals surface area (Å²) in [6.45, 7) is 0.897. The van der Waals surface area contributed by atoms with Crippen molar-refractivity contribution in [3.05, 3.63) is 35.9 Å². The highest BCUT2D eigenvalue weighted by molar-refractivity contribution is 5.77. The van der Waals surface area contributed by atoms with Gasteiger partial charge in [0.25, 0.3) is 0 Å². The fraction of sp³-hybridized carbons (Fsp3) is 0.562. The number of carbonyl (C=O) groups excluding carboxylic acids is 1. The molecule has 1 aliphatic carbocycles. The number of hydrogen-bond acceptors (Lipinski definition) is 3. The number of hydrogen-bond donors (Lipinski definition) is 1. The van der Waals surface area contributed by atoms with Crippen molar-refractivity contribution in [2.75, 3.05) is 13.7 Å². The fourth-order valence-electron chi connectivity index (χ4n) is 2.78. The monoisotopic (exact) mass is 261 g/mol. The van der Waals surface area contributed by atoms with Crippen LogP contribution in [0, 0.1) is 5.92 Å². The van der Waals surface area contributed by atoms with Crippen LogP contribution in [-0.4, -0.2) is 19.6 Å². The van der Waals surface area contributed by atoms with E-state index in [4.69, 9.17) is 4.74 Å². The van der Waals surface area contributed by atoms with Crippen molar-refractivity contribution in [2.45, 2.75) is 38.1 Å². The molecule has 1 N–H and O–H groups in total. The molecule has 0 aliphatic heterocycles. The molecule has 1 aliphatic rings. The van der Waals surface area contributed by atoms with Crippen molar-refractivity contribution >= 4 is 5.97 Å². The lowest BCUT2D eigenvalue weighted by molar-refractivity contribution is -0.143. The number of nitrogens with one attached hydrogen (secondary N) is 1. The maximum atomic E-state index is 11.9. The van der Waals surface area contributed by atoms with Crippen LogP contribution >= 0.6 is 0 Å². The van der Waals surface area contributed by atoms with E-state index >= 15 is 0 Å². The molecule has 0 aromatic heterocycles. The van der Waals surface area contributed by atoms with E-state index in [-0.39, 0.29) is 12.0 Å². The third kappa shape index (κ3) is 4.06. The van der Waals surface area contributed by atoms with E-state index in [2.05, 4.69) is 5.32 Å². The summed E-state index contributed by atoms with van der Waals surface area (Å²) < 4.78 is 4.91. The number of carbonyl (C=O) groups is 1. The number of esters is 1. The van der Waals surface area contributed by atoms with Crippen LogP contribution in [0.4, 0.5) is 0 Å². The summed E-state index contributed by atoms with van der Waals surface area (Å²) in [6.07, 6.45) is 6.54. The first-order chi connectivity index (χ1) is 9.31. The lowest BCUT2D eigenvalue weighted by Crippen LogP contribution is -2.34. The SMILES string of the molecule is COC(=O)C(NCC1CCCCC1)c1ccccc1. The van der Waals surface area contributed by atoms with Gasteiger partial charge in [0.05, 0.1) is 7.11 Å². The predicted octanol–water partition coefficient (Wildman–Crippen LogP) is 3.07. The molecule has 0 spiro atoms. The number of methoxy groups -OCH3 is 1. The van der Waals surface area contributed by atoms with Crippen molar-refractivity contribution in [2.24, 2.45) is 5.92 Å². The molecule has 1 aromatic rings. The summed E-state index contributed by atoms with van der Waals surface area (Å²) >= 11 is 0. The molecule has 3 heteroatoms. The standard InChI is InChI=1S/C16H23NO2/c1-19-16(18)15(14-10-6-3-7-11-14)17-12-13-8-4-2-5-9-13/h3,6-7,10-11,13,15,17H,2,4-5,8-9,12H2,1H3. The molecule has 19 heavy (non-hydrogen) atoms. The first-order valence-corrected chi connectivity index (χ1v) is 7.17. The predicted molar refractivity (Wildman–Crippen MR) is 75.8 cm³/mol. The van der Waals surface area contributed by atoms with Gasteiger partial charge < -0.3 is 10.1 Å². The Labute approximate surface area is 115 Å². The van der Waals surface area contributed by atoms with Gasteiger partial charge in [-0.05, 0) is 30.9 Å². The van der Waals surface area contributed by atoms with E-state index in [1.807, 2.05) is 30.3 Å². The second-order valence-corrected chi connectivity index (χ2v) is 5.28. The molecular formula is C16H23NO2. The van der Waals surface area contributed by atoms with Gasteiger partial charge in [-0.2, -0.15) is 0 Å². The van der Waals surface area contributed by atoms with Crippen molar-refractivity contribution in [3.8, 4) is 0 Å². The average Bonchev–Trinajstić information content (AvgIpc) is 2.49. The van der Waals surface area contributed by atoms with Crippen LogP contribution in [0.1, 0.15) is 43.7 Å². The Morgan fingerprint density at radius 2 is 1.95 bits per heavy atom. The van der Waals surface area contributed by atoms with Gasteiger partial charge in [0.1, 0.15) is 6.04 Å². The summed E-state index contributed by atoms with van der Waals surface area (Å²) in [5, 5.41) is 3.38. The summed E-state index contributed by atoms with van der Waals surface area (Å²) in [7, 11) is 1.45. The Morgan fingerprint density at radius 3 is 2.58 bits per heavy atom. The van der Waals surface area contributed by atoms with Crippen LogP contribution in [0.25, 0.3) is 0 Å². The molecule has 1 atom stereocenters. The van der Waals surface area contributed by atoms with Gasteiger partial charge in [-0.25, -0.2) is 4.79 Å². The third-order valence-corrected chi connectivity index (χ3v) is 3.91. The molecule has 1 unspecified atom stereocenters. The van der Waals surface area contributed by atoms with E-state index in [1.165, 1.54) is 39.2 Å². The molecule has 2 rings (SSSR count). The Bertz CT molecular complexity index is 385. The van der Waals surface area contributed by atoms with Gasteiger partial charge in [0.2, 0.25) is 0 Å². The van der Waals surface area contributed by atoms with E-state index in [0.717, 1.165) is 12.1 Å². The highest BCUT2D eigenvalue weighted by atomic mass is 16.5. The topological polar surface area (TPSA) is 38.3 Å². The van der Waals surface area contributed by atoms with Crippen LogP contribution in [-0.2, 0) is 9.53 Å². The van der Waals surface area contributed by atoms with Crippen LogP contribution in [0.15, 0.2) is 30.3 Å². The zero-order chi connectivity index (χ0) is 13.5. The smallest absolute Gasteiger partial charge is 0.327 e. The average molecular weight is 261 g/mol. The van der Waals surface area contributed by atoms with Gasteiger partial charge in [0, 0.05) is 0 Å². The molecule has 1 saturated carbocycles. The van der Waals surface area contributed by atoms with Gasteiger partial charge >= 0.3 is 5.97 Å². The third-order valence-electron chi connectivity index (χ3n) is 3.91. The van der Waals surface area contributed by atoms with Crippen LogP contribution in [0.5, 0.6) is 0 Å². The Morgan fingerprint density at radius 1 is 1.26 bits per heavy atom. The normalized spacial score (nSPS) is 17.9. The summed E-state index contributed by atoms with van der Waals surface area (Å²) in [4.78, 5) is 11.9. The molecule has 0 radical (unpaired) electrons. The molecular weight excluding hydrogens is 238 g/mol. The second kappa shape index (κ2) is 7.29. The first-order valence-electron chi connectivity index (χ1n) is 7.17. The minimum atomic E-state index is -0.340. The van der Waals surface area contributed by atoms with Crippen LogP contribution in [0.3, 0.4) is 0 Å².